The maximum absolute atomic E-state index is 13.6. The predicted molar refractivity (Wildman–Crippen MR) is 155 cm³/mol. The van der Waals surface area contributed by atoms with Gasteiger partial charge in [-0.1, -0.05) is 37.5 Å². The average molecular weight is 549 g/mol. The van der Waals surface area contributed by atoms with E-state index in [1.807, 2.05) is 61.1 Å². The van der Waals surface area contributed by atoms with Crippen LogP contribution in [0.1, 0.15) is 37.8 Å². The third kappa shape index (κ3) is 5.15. The summed E-state index contributed by atoms with van der Waals surface area (Å²) >= 11 is 1.55. The maximum Gasteiger partial charge on any atom is 0.297 e. The van der Waals surface area contributed by atoms with Gasteiger partial charge in [0, 0.05) is 24.5 Å². The monoisotopic (exact) mass is 548 g/mol. The van der Waals surface area contributed by atoms with Crippen molar-refractivity contribution in [3.05, 3.63) is 68.7 Å². The predicted octanol–water partition coefficient (Wildman–Crippen LogP) is 5.85. The van der Waals surface area contributed by atoms with Crippen LogP contribution in [0.3, 0.4) is 0 Å². The van der Waals surface area contributed by atoms with E-state index in [1.165, 1.54) is 32.1 Å². The molecule has 1 aliphatic carbocycles. The molecule has 4 aromatic rings. The minimum atomic E-state index is -0.131. The number of benzene rings is 2. The van der Waals surface area contributed by atoms with E-state index in [1.54, 1.807) is 37.3 Å². The molecule has 0 radical (unpaired) electrons. The fourth-order valence-corrected chi connectivity index (χ4v) is 6.39. The highest BCUT2D eigenvalue weighted by molar-refractivity contribution is 7.07. The van der Waals surface area contributed by atoms with Crippen LogP contribution in [0.4, 0.5) is 5.69 Å². The largest absolute Gasteiger partial charge is 0.493 e. The van der Waals surface area contributed by atoms with E-state index in [-0.39, 0.29) is 5.56 Å². The molecule has 2 heterocycles. The van der Waals surface area contributed by atoms with Crippen molar-refractivity contribution in [3.63, 3.8) is 0 Å². The Labute approximate surface area is 232 Å². The fourth-order valence-electron chi connectivity index (χ4n) is 5.46. The van der Waals surface area contributed by atoms with Crippen molar-refractivity contribution >= 4 is 17.0 Å². The number of nitrogens with zero attached hydrogens (tertiary/aromatic N) is 4. The van der Waals surface area contributed by atoms with E-state index in [2.05, 4.69) is 9.95 Å². The van der Waals surface area contributed by atoms with Crippen molar-refractivity contribution in [1.29, 1.82) is 0 Å². The van der Waals surface area contributed by atoms with Crippen LogP contribution < -0.4 is 24.6 Å². The Balaban J connectivity index is 1.69. The van der Waals surface area contributed by atoms with Crippen LogP contribution in [-0.2, 0) is 13.6 Å². The van der Waals surface area contributed by atoms with Gasteiger partial charge in [0.05, 0.1) is 38.4 Å². The zero-order valence-corrected chi connectivity index (χ0v) is 24.1. The number of ether oxygens (including phenoxy) is 3. The molecule has 5 rings (SSSR count). The summed E-state index contributed by atoms with van der Waals surface area (Å²) in [5.74, 6) is 2.32. The van der Waals surface area contributed by atoms with Crippen LogP contribution in [0.2, 0.25) is 0 Å². The first-order valence-electron chi connectivity index (χ1n) is 13.3. The van der Waals surface area contributed by atoms with Crippen LogP contribution in [0.25, 0.3) is 16.9 Å². The third-order valence-corrected chi connectivity index (χ3v) is 8.52. The summed E-state index contributed by atoms with van der Waals surface area (Å²) < 4.78 is 22.6. The maximum atomic E-state index is 13.6. The Morgan fingerprint density at radius 1 is 0.974 bits per heavy atom. The van der Waals surface area contributed by atoms with Crippen molar-refractivity contribution in [3.8, 4) is 34.2 Å². The summed E-state index contributed by atoms with van der Waals surface area (Å²) in [6.45, 7) is 2.78. The molecular formula is C30H36N4O4S. The molecule has 1 saturated carbocycles. The van der Waals surface area contributed by atoms with Gasteiger partial charge >= 0.3 is 0 Å². The van der Waals surface area contributed by atoms with E-state index in [0.717, 1.165) is 34.0 Å². The molecule has 206 valence electrons. The quantitative estimate of drug-likeness (QED) is 0.277. The normalized spacial score (nSPS) is 14.5. The highest BCUT2D eigenvalue weighted by atomic mass is 32.1. The number of methoxy groups -OCH3 is 3. The van der Waals surface area contributed by atoms with Gasteiger partial charge in [-0.3, -0.25) is 9.48 Å². The van der Waals surface area contributed by atoms with Crippen molar-refractivity contribution in [2.45, 2.75) is 45.6 Å². The molecule has 0 N–H and O–H groups in total. The van der Waals surface area contributed by atoms with Crippen LogP contribution in [0.5, 0.6) is 17.2 Å². The first-order chi connectivity index (χ1) is 19.0. The SMILES string of the molecule is COc1cc(-c2csc(=Nc3c(C)n(C)n(-c4ccccc4)c3=O)n2CC2CCCCC2)cc(OC)c1OC. The number of para-hydroxylation sites is 1. The van der Waals surface area contributed by atoms with Gasteiger partial charge in [-0.15, -0.1) is 11.3 Å². The lowest BCUT2D eigenvalue weighted by atomic mass is 9.89. The van der Waals surface area contributed by atoms with Crippen molar-refractivity contribution in [1.82, 2.24) is 13.9 Å². The molecule has 1 aliphatic rings. The average Bonchev–Trinajstić information content (AvgIpc) is 3.46. The van der Waals surface area contributed by atoms with Crippen molar-refractivity contribution in [2.75, 3.05) is 21.3 Å². The summed E-state index contributed by atoms with van der Waals surface area (Å²) in [6.07, 6.45) is 6.19. The van der Waals surface area contributed by atoms with Crippen LogP contribution in [0.15, 0.2) is 57.6 Å². The Morgan fingerprint density at radius 3 is 2.26 bits per heavy atom. The topological polar surface area (TPSA) is 71.9 Å². The standard InChI is InChI=1S/C30H36N4O4S/c1-20-27(29(35)34(32(20)2)23-14-10-7-11-15-23)31-30-33(18-21-12-8-6-9-13-21)24(19-39-30)22-16-25(36-3)28(38-5)26(17-22)37-4/h7,10-11,14-17,19,21H,6,8-9,12-13,18H2,1-5H3. The van der Waals surface area contributed by atoms with Crippen LogP contribution in [0, 0.1) is 12.8 Å². The van der Waals surface area contributed by atoms with Gasteiger partial charge in [0.1, 0.15) is 0 Å². The Morgan fingerprint density at radius 2 is 1.64 bits per heavy atom. The van der Waals surface area contributed by atoms with Crippen LogP contribution in [-0.4, -0.2) is 35.3 Å². The molecule has 0 unspecified atom stereocenters. The summed E-state index contributed by atoms with van der Waals surface area (Å²) in [7, 11) is 6.76. The molecule has 39 heavy (non-hydrogen) atoms. The van der Waals surface area contributed by atoms with Crippen molar-refractivity contribution < 1.29 is 14.2 Å². The lowest BCUT2D eigenvalue weighted by Gasteiger charge is -2.23. The molecule has 9 heteroatoms. The van der Waals surface area contributed by atoms with Crippen molar-refractivity contribution in [2.24, 2.45) is 18.0 Å². The molecule has 8 nitrogen and oxygen atoms in total. The fraction of sp³-hybridized carbons (Fsp3) is 0.400. The zero-order valence-electron chi connectivity index (χ0n) is 23.3. The molecule has 0 saturated heterocycles. The number of thiazole rings is 1. The summed E-state index contributed by atoms with van der Waals surface area (Å²) in [6, 6.07) is 13.6. The van der Waals surface area contributed by atoms with Gasteiger partial charge in [-0.25, -0.2) is 9.67 Å². The Bertz CT molecular complexity index is 1550. The lowest BCUT2D eigenvalue weighted by molar-refractivity contribution is 0.318. The molecule has 0 amide bonds. The molecule has 0 spiro atoms. The van der Waals surface area contributed by atoms with E-state index in [4.69, 9.17) is 19.2 Å². The van der Waals surface area contributed by atoms with Gasteiger partial charge in [0.2, 0.25) is 5.75 Å². The molecule has 0 atom stereocenters. The van der Waals surface area contributed by atoms with E-state index < -0.39 is 0 Å². The minimum absolute atomic E-state index is 0.131. The van der Waals surface area contributed by atoms with E-state index >= 15 is 0 Å². The third-order valence-electron chi connectivity index (χ3n) is 7.65. The first kappa shape index (κ1) is 26.9. The smallest absolute Gasteiger partial charge is 0.297 e. The molecule has 2 aromatic carbocycles. The zero-order chi connectivity index (χ0) is 27.5. The molecule has 1 fully saturated rings. The van der Waals surface area contributed by atoms with Gasteiger partial charge in [0.15, 0.2) is 22.0 Å². The highest BCUT2D eigenvalue weighted by Crippen LogP contribution is 2.41. The molecule has 2 aromatic heterocycles. The second-order valence-electron chi connectivity index (χ2n) is 9.95. The lowest BCUT2D eigenvalue weighted by Crippen LogP contribution is -2.23. The minimum Gasteiger partial charge on any atom is -0.493 e. The molecule has 0 aliphatic heterocycles. The number of rotatable bonds is 8. The van der Waals surface area contributed by atoms with E-state index in [9.17, 15) is 4.79 Å². The van der Waals surface area contributed by atoms with E-state index in [0.29, 0.717) is 28.9 Å². The number of hydrogen-bond donors (Lipinski definition) is 0. The van der Waals surface area contributed by atoms with Gasteiger partial charge in [0.25, 0.3) is 5.56 Å². The summed E-state index contributed by atoms with van der Waals surface area (Å²) in [4.78, 5) is 19.4. The second-order valence-corrected chi connectivity index (χ2v) is 10.8. The molecule has 0 bridgehead atoms. The van der Waals surface area contributed by atoms with Gasteiger partial charge in [-0.2, -0.15) is 0 Å². The molecular weight excluding hydrogens is 512 g/mol. The second kappa shape index (κ2) is 11.6. The Kier molecular flexibility index (Phi) is 7.97. The highest BCUT2D eigenvalue weighted by Gasteiger charge is 2.21. The van der Waals surface area contributed by atoms with Gasteiger partial charge in [-0.05, 0) is 49.9 Å². The first-order valence-corrected chi connectivity index (χ1v) is 14.2. The summed E-state index contributed by atoms with van der Waals surface area (Å²) in [5, 5.41) is 2.11. The summed E-state index contributed by atoms with van der Waals surface area (Å²) in [5.41, 5.74) is 3.92. The van der Waals surface area contributed by atoms with Gasteiger partial charge < -0.3 is 18.8 Å². The van der Waals surface area contributed by atoms with Crippen LogP contribution >= 0.6 is 11.3 Å². The number of aromatic nitrogens is 3. The number of hydrogen-bond acceptors (Lipinski definition) is 6. The Hall–Kier alpha value is -3.72.